The number of nitrogens with zero attached hydrogens (tertiary/aromatic N) is 3. The Balaban J connectivity index is 2.95. The third-order valence-electron chi connectivity index (χ3n) is 1.97. The van der Waals surface area contributed by atoms with Gasteiger partial charge in [-0.2, -0.15) is 0 Å². The Morgan fingerprint density at radius 1 is 1.42 bits per heavy atom. The summed E-state index contributed by atoms with van der Waals surface area (Å²) < 4.78 is 1.57. The third-order valence-corrected chi connectivity index (χ3v) is 1.97. The number of fused-ring (bicyclic) bond motifs is 1. The fraction of sp³-hybridized carbons (Fsp3) is 0.250. The Hall–Kier alpha value is -1.58. The van der Waals surface area contributed by atoms with Gasteiger partial charge in [-0.05, 0) is 19.9 Å². The van der Waals surface area contributed by atoms with Crippen LogP contribution in [0.2, 0.25) is 0 Å². The van der Waals surface area contributed by atoms with E-state index in [2.05, 4.69) is 9.97 Å². The molecule has 0 radical (unpaired) electrons. The molecule has 0 fully saturated rings. The van der Waals surface area contributed by atoms with E-state index in [9.17, 15) is 0 Å². The van der Waals surface area contributed by atoms with Crippen molar-refractivity contribution in [1.82, 2.24) is 14.6 Å². The summed E-state index contributed by atoms with van der Waals surface area (Å²) >= 11 is 0. The molecule has 0 amide bonds. The second kappa shape index (κ2) is 2.20. The van der Waals surface area contributed by atoms with E-state index in [1.54, 1.807) is 10.9 Å². The van der Waals surface area contributed by atoms with Crippen molar-refractivity contribution >= 4 is 11.0 Å². The lowest BCUT2D eigenvalue weighted by Gasteiger charge is -1.95. The van der Waals surface area contributed by atoms with E-state index in [0.29, 0.717) is 0 Å². The molecule has 62 valence electrons. The number of pyridine rings is 1. The Morgan fingerprint density at radius 2 is 2.17 bits per heavy atom. The minimum absolute atomic E-state index is 0.807. The van der Waals surface area contributed by atoms with Gasteiger partial charge in [-0.15, -0.1) is 0 Å². The minimum atomic E-state index is 0.807. The zero-order valence-electron chi connectivity index (χ0n) is 7.07. The maximum absolute atomic E-state index is 5.73. The number of rotatable bonds is 0. The normalized spacial score (nSPS) is 10.8. The topological polar surface area (TPSA) is 56.7 Å². The van der Waals surface area contributed by atoms with Gasteiger partial charge in [0.1, 0.15) is 11.3 Å². The molecule has 12 heavy (non-hydrogen) atoms. The van der Waals surface area contributed by atoms with Crippen molar-refractivity contribution in [2.45, 2.75) is 13.8 Å². The van der Waals surface area contributed by atoms with Crippen LogP contribution in [0.5, 0.6) is 0 Å². The van der Waals surface area contributed by atoms with Crippen LogP contribution in [0.25, 0.3) is 11.0 Å². The smallest absolute Gasteiger partial charge is 0.125 e. The summed E-state index contributed by atoms with van der Waals surface area (Å²) in [6, 6.07) is 1.86. The lowest BCUT2D eigenvalue weighted by molar-refractivity contribution is 0.956. The van der Waals surface area contributed by atoms with Crippen LogP contribution in [-0.2, 0) is 0 Å². The number of imidazole rings is 1. The average Bonchev–Trinajstić information content (AvgIpc) is 2.32. The Morgan fingerprint density at radius 3 is 2.83 bits per heavy atom. The van der Waals surface area contributed by atoms with Gasteiger partial charge in [0.2, 0.25) is 0 Å². The monoisotopic (exact) mass is 162 g/mol. The summed E-state index contributed by atoms with van der Waals surface area (Å²) in [4.78, 5) is 8.42. The van der Waals surface area contributed by atoms with Crippen LogP contribution in [0.1, 0.15) is 11.5 Å². The largest absolute Gasteiger partial charge is 0.337 e. The van der Waals surface area contributed by atoms with Crippen molar-refractivity contribution in [3.05, 3.63) is 23.8 Å². The molecular formula is C8H10N4. The van der Waals surface area contributed by atoms with Crippen molar-refractivity contribution in [2.75, 3.05) is 5.84 Å². The van der Waals surface area contributed by atoms with Crippen molar-refractivity contribution in [1.29, 1.82) is 0 Å². The summed E-state index contributed by atoms with van der Waals surface area (Å²) in [5.74, 6) is 6.54. The number of hydrogen-bond donors (Lipinski definition) is 1. The zero-order valence-corrected chi connectivity index (χ0v) is 7.07. The minimum Gasteiger partial charge on any atom is -0.337 e. The second-order valence-electron chi connectivity index (χ2n) is 2.79. The van der Waals surface area contributed by atoms with E-state index >= 15 is 0 Å². The van der Waals surface area contributed by atoms with E-state index in [1.807, 2.05) is 19.9 Å². The standard InChI is InChI=1S/C8H10N4/c1-5-8-7(3-4-10-5)12(9)6(2)11-8/h3-4H,9H2,1-2H3. The molecule has 2 aromatic rings. The fourth-order valence-electron chi connectivity index (χ4n) is 1.27. The van der Waals surface area contributed by atoms with E-state index in [-0.39, 0.29) is 0 Å². The first-order valence-electron chi connectivity index (χ1n) is 3.76. The number of nitrogens with two attached hydrogens (primary N) is 1. The van der Waals surface area contributed by atoms with Crippen LogP contribution in [-0.4, -0.2) is 14.6 Å². The average molecular weight is 162 g/mol. The molecule has 0 aliphatic heterocycles. The molecule has 0 atom stereocenters. The highest BCUT2D eigenvalue weighted by molar-refractivity contribution is 5.77. The van der Waals surface area contributed by atoms with Crippen LogP contribution in [0.3, 0.4) is 0 Å². The van der Waals surface area contributed by atoms with Crippen molar-refractivity contribution < 1.29 is 0 Å². The van der Waals surface area contributed by atoms with Crippen LogP contribution >= 0.6 is 0 Å². The van der Waals surface area contributed by atoms with Crippen molar-refractivity contribution in [3.63, 3.8) is 0 Å². The highest BCUT2D eigenvalue weighted by Crippen LogP contribution is 2.14. The molecule has 0 aliphatic carbocycles. The van der Waals surface area contributed by atoms with E-state index in [1.165, 1.54) is 0 Å². The fourth-order valence-corrected chi connectivity index (χ4v) is 1.27. The summed E-state index contributed by atoms with van der Waals surface area (Å²) in [5, 5.41) is 0. The number of hydrogen-bond acceptors (Lipinski definition) is 3. The Bertz CT molecular complexity index is 430. The lowest BCUT2D eigenvalue weighted by Crippen LogP contribution is -2.09. The third kappa shape index (κ3) is 0.777. The van der Waals surface area contributed by atoms with Gasteiger partial charge in [-0.3, -0.25) is 4.98 Å². The molecule has 0 aliphatic rings. The molecule has 0 unspecified atom stereocenters. The molecule has 0 saturated carbocycles. The first-order chi connectivity index (χ1) is 5.70. The Kier molecular flexibility index (Phi) is 1.30. The SMILES string of the molecule is Cc1nccc2c1nc(C)n2N. The number of nitrogen functional groups attached to an aromatic ring is 1. The maximum atomic E-state index is 5.73. The van der Waals surface area contributed by atoms with Crippen LogP contribution in [0, 0.1) is 13.8 Å². The molecular weight excluding hydrogens is 152 g/mol. The van der Waals surface area contributed by atoms with Gasteiger partial charge in [0.05, 0.1) is 11.2 Å². The molecule has 0 spiro atoms. The molecule has 0 aromatic carbocycles. The highest BCUT2D eigenvalue weighted by atomic mass is 15.3. The summed E-state index contributed by atoms with van der Waals surface area (Å²) in [7, 11) is 0. The number of aryl methyl sites for hydroxylation is 2. The van der Waals surface area contributed by atoms with Crippen molar-refractivity contribution in [3.8, 4) is 0 Å². The molecule has 4 nitrogen and oxygen atoms in total. The molecule has 4 heteroatoms. The lowest BCUT2D eigenvalue weighted by atomic mass is 10.3. The van der Waals surface area contributed by atoms with Crippen LogP contribution in [0.15, 0.2) is 12.3 Å². The molecule has 2 aromatic heterocycles. The van der Waals surface area contributed by atoms with Gasteiger partial charge in [0.25, 0.3) is 0 Å². The summed E-state index contributed by atoms with van der Waals surface area (Å²) in [6.07, 6.45) is 1.74. The van der Waals surface area contributed by atoms with Gasteiger partial charge < -0.3 is 5.84 Å². The van der Waals surface area contributed by atoms with Gasteiger partial charge in [0, 0.05) is 6.20 Å². The molecule has 0 saturated heterocycles. The number of aromatic nitrogens is 3. The quantitative estimate of drug-likeness (QED) is 0.582. The van der Waals surface area contributed by atoms with E-state index in [4.69, 9.17) is 5.84 Å². The maximum Gasteiger partial charge on any atom is 0.125 e. The molecule has 2 N–H and O–H groups in total. The van der Waals surface area contributed by atoms with Crippen LogP contribution in [0.4, 0.5) is 0 Å². The summed E-state index contributed by atoms with van der Waals surface area (Å²) in [5.41, 5.74) is 2.73. The first-order valence-corrected chi connectivity index (χ1v) is 3.76. The molecule has 2 rings (SSSR count). The van der Waals surface area contributed by atoms with Crippen molar-refractivity contribution in [2.24, 2.45) is 0 Å². The summed E-state index contributed by atoms with van der Waals surface area (Å²) in [6.45, 7) is 3.80. The second-order valence-corrected chi connectivity index (χ2v) is 2.79. The predicted molar refractivity (Wildman–Crippen MR) is 47.2 cm³/mol. The molecule has 2 heterocycles. The predicted octanol–water partition coefficient (Wildman–Crippen LogP) is 0.762. The van der Waals surface area contributed by atoms with Crippen LogP contribution < -0.4 is 5.84 Å². The van der Waals surface area contributed by atoms with Gasteiger partial charge in [0.15, 0.2) is 0 Å². The highest BCUT2D eigenvalue weighted by Gasteiger charge is 2.05. The Labute approximate surface area is 70.0 Å². The van der Waals surface area contributed by atoms with Gasteiger partial charge >= 0.3 is 0 Å². The first kappa shape index (κ1) is 7.09. The van der Waals surface area contributed by atoms with E-state index in [0.717, 1.165) is 22.6 Å². The zero-order chi connectivity index (χ0) is 8.72. The van der Waals surface area contributed by atoms with Gasteiger partial charge in [-0.1, -0.05) is 0 Å². The molecule has 0 bridgehead atoms. The van der Waals surface area contributed by atoms with Gasteiger partial charge in [-0.25, -0.2) is 9.66 Å². The van der Waals surface area contributed by atoms with E-state index < -0.39 is 0 Å².